The van der Waals surface area contributed by atoms with E-state index in [4.69, 9.17) is 21.2 Å². The van der Waals surface area contributed by atoms with Crippen LogP contribution in [0.5, 0.6) is 0 Å². The summed E-state index contributed by atoms with van der Waals surface area (Å²) in [6.45, 7) is 2.04. The van der Waals surface area contributed by atoms with Gasteiger partial charge in [0.05, 0.1) is 0 Å². The molecule has 3 nitrogen and oxygen atoms in total. The predicted molar refractivity (Wildman–Crippen MR) is 37.3 cm³/mol. The Kier molecular flexibility index (Phi) is 4.42. The van der Waals surface area contributed by atoms with Crippen LogP contribution in [0.3, 0.4) is 0 Å². The third-order valence-corrected chi connectivity index (χ3v) is 2.95. The van der Waals surface area contributed by atoms with Gasteiger partial charge in [0.15, 0.2) is 0 Å². The van der Waals surface area contributed by atoms with E-state index in [2.05, 4.69) is 4.43 Å². The fraction of sp³-hybridized carbons (Fsp3) is 1.00. The lowest BCUT2D eigenvalue weighted by molar-refractivity contribution is 0.158. The lowest BCUT2D eigenvalue weighted by Crippen LogP contribution is -2.39. The standard InChI is InChI=1S/C4H11ClO3Si/c1-2-8-9(6,7)4-3-5/h6-7H,2-4H2,1H3. The summed E-state index contributed by atoms with van der Waals surface area (Å²) in [6, 6.07) is 0.169. The highest BCUT2D eigenvalue weighted by Crippen LogP contribution is 2.03. The van der Waals surface area contributed by atoms with E-state index in [1.54, 1.807) is 6.92 Å². The summed E-state index contributed by atoms with van der Waals surface area (Å²) in [5.74, 6) is 0.235. The summed E-state index contributed by atoms with van der Waals surface area (Å²) >= 11 is 5.26. The lowest BCUT2D eigenvalue weighted by atomic mass is 10.9. The molecule has 2 N–H and O–H groups in total. The maximum atomic E-state index is 8.90. The Morgan fingerprint density at radius 3 is 2.44 bits per heavy atom. The Bertz CT molecular complexity index is 70.2. The molecule has 0 radical (unpaired) electrons. The van der Waals surface area contributed by atoms with E-state index in [1.165, 1.54) is 0 Å². The highest BCUT2D eigenvalue weighted by molar-refractivity contribution is 6.58. The Morgan fingerprint density at radius 1 is 1.56 bits per heavy atom. The van der Waals surface area contributed by atoms with Crippen LogP contribution in [0.2, 0.25) is 6.04 Å². The third-order valence-electron chi connectivity index (χ3n) is 0.796. The van der Waals surface area contributed by atoms with Gasteiger partial charge >= 0.3 is 8.80 Å². The zero-order valence-electron chi connectivity index (χ0n) is 5.30. The maximum absolute atomic E-state index is 8.90. The molecule has 0 saturated carbocycles. The molecule has 0 bridgehead atoms. The van der Waals surface area contributed by atoms with Crippen molar-refractivity contribution < 1.29 is 14.0 Å². The van der Waals surface area contributed by atoms with Gasteiger partial charge in [0, 0.05) is 18.5 Å². The van der Waals surface area contributed by atoms with Crippen LogP contribution in [-0.4, -0.2) is 30.9 Å². The summed E-state index contributed by atoms with van der Waals surface area (Å²) < 4.78 is 4.64. The molecule has 0 atom stereocenters. The number of hydrogen-bond donors (Lipinski definition) is 2. The molecule has 0 amide bonds. The number of halogens is 1. The summed E-state index contributed by atoms with van der Waals surface area (Å²) in [7, 11) is -3.34. The predicted octanol–water partition coefficient (Wildman–Crippen LogP) is 0.185. The molecule has 5 heteroatoms. The summed E-state index contributed by atoms with van der Waals surface area (Å²) in [5, 5.41) is 0. The van der Waals surface area contributed by atoms with E-state index in [1.807, 2.05) is 0 Å². The van der Waals surface area contributed by atoms with Crippen molar-refractivity contribution in [3.8, 4) is 0 Å². The highest BCUT2D eigenvalue weighted by Gasteiger charge is 2.30. The van der Waals surface area contributed by atoms with Crippen molar-refractivity contribution in [1.29, 1.82) is 0 Å². The van der Waals surface area contributed by atoms with Crippen LogP contribution in [0.4, 0.5) is 0 Å². The average molecular weight is 171 g/mol. The number of rotatable bonds is 4. The summed E-state index contributed by atoms with van der Waals surface area (Å²) in [5.41, 5.74) is 0. The quantitative estimate of drug-likeness (QED) is 0.468. The molecule has 0 aromatic carbocycles. The summed E-state index contributed by atoms with van der Waals surface area (Å²) in [4.78, 5) is 17.8. The SMILES string of the molecule is CCO[Si](O)(O)CCCl. The Balaban J connectivity index is 3.43. The monoisotopic (exact) mass is 170 g/mol. The van der Waals surface area contributed by atoms with Crippen molar-refractivity contribution >= 4 is 20.4 Å². The van der Waals surface area contributed by atoms with E-state index in [0.717, 1.165) is 0 Å². The normalized spacial score (nSPS) is 12.0. The maximum Gasteiger partial charge on any atom is 0.496 e. The van der Waals surface area contributed by atoms with Crippen molar-refractivity contribution in [1.82, 2.24) is 0 Å². The molecule has 0 aliphatic rings. The molecule has 0 aromatic heterocycles. The summed E-state index contributed by atoms with van der Waals surface area (Å²) in [6.07, 6.45) is 0. The van der Waals surface area contributed by atoms with Gasteiger partial charge in [-0.25, -0.2) is 0 Å². The average Bonchev–Trinajstić information content (AvgIpc) is 1.64. The lowest BCUT2D eigenvalue weighted by Gasteiger charge is -2.14. The molecule has 0 fully saturated rings. The van der Waals surface area contributed by atoms with Crippen LogP contribution in [0.1, 0.15) is 6.92 Å². The van der Waals surface area contributed by atoms with Crippen LogP contribution >= 0.6 is 11.6 Å². The second-order valence-electron chi connectivity index (χ2n) is 1.62. The highest BCUT2D eigenvalue weighted by atomic mass is 35.5. The first-order chi connectivity index (χ1) is 4.12. The molecular weight excluding hydrogens is 160 g/mol. The Morgan fingerprint density at radius 2 is 2.11 bits per heavy atom. The smallest absolute Gasteiger partial charge is 0.390 e. The topological polar surface area (TPSA) is 49.7 Å². The zero-order chi connectivity index (χ0) is 7.33. The fourth-order valence-electron chi connectivity index (χ4n) is 0.426. The minimum atomic E-state index is -3.34. The van der Waals surface area contributed by atoms with Crippen LogP contribution in [0.25, 0.3) is 0 Å². The van der Waals surface area contributed by atoms with Gasteiger partial charge in [-0.05, 0) is 6.92 Å². The van der Waals surface area contributed by atoms with E-state index in [0.29, 0.717) is 6.61 Å². The molecule has 56 valence electrons. The van der Waals surface area contributed by atoms with Gasteiger partial charge in [0.25, 0.3) is 0 Å². The number of alkyl halides is 1. The van der Waals surface area contributed by atoms with Gasteiger partial charge in [-0.3, -0.25) is 0 Å². The van der Waals surface area contributed by atoms with Crippen LogP contribution in [0.15, 0.2) is 0 Å². The van der Waals surface area contributed by atoms with Crippen molar-refractivity contribution in [3.05, 3.63) is 0 Å². The second-order valence-corrected chi connectivity index (χ2v) is 4.27. The first kappa shape index (κ1) is 9.39. The van der Waals surface area contributed by atoms with Gasteiger partial charge in [-0.2, -0.15) is 0 Å². The van der Waals surface area contributed by atoms with Crippen molar-refractivity contribution in [2.75, 3.05) is 12.5 Å². The Hall–Kier alpha value is 0.387. The first-order valence-electron chi connectivity index (χ1n) is 2.77. The third kappa shape index (κ3) is 4.86. The fourth-order valence-corrected chi connectivity index (χ4v) is 2.02. The van der Waals surface area contributed by atoms with E-state index in [-0.39, 0.29) is 11.9 Å². The van der Waals surface area contributed by atoms with Gasteiger partial charge in [0.1, 0.15) is 0 Å². The molecular formula is C4H11ClO3Si. The van der Waals surface area contributed by atoms with Gasteiger partial charge in [-0.15, -0.1) is 11.6 Å². The van der Waals surface area contributed by atoms with Gasteiger partial charge in [0.2, 0.25) is 0 Å². The van der Waals surface area contributed by atoms with Crippen LogP contribution in [0, 0.1) is 0 Å². The largest absolute Gasteiger partial charge is 0.496 e. The number of hydrogen-bond acceptors (Lipinski definition) is 3. The van der Waals surface area contributed by atoms with Crippen LogP contribution in [-0.2, 0) is 4.43 Å². The van der Waals surface area contributed by atoms with E-state index < -0.39 is 8.80 Å². The molecule has 9 heavy (non-hydrogen) atoms. The molecule has 0 aliphatic carbocycles. The molecule has 0 rings (SSSR count). The Labute approximate surface area is 60.6 Å². The van der Waals surface area contributed by atoms with Crippen molar-refractivity contribution in [3.63, 3.8) is 0 Å². The molecule has 0 aliphatic heterocycles. The second kappa shape index (κ2) is 4.24. The molecule has 0 aromatic rings. The molecule has 0 heterocycles. The molecule has 0 saturated heterocycles. The minimum absolute atomic E-state index is 0.169. The minimum Gasteiger partial charge on any atom is -0.390 e. The van der Waals surface area contributed by atoms with Crippen LogP contribution < -0.4 is 0 Å². The molecule has 0 unspecified atom stereocenters. The van der Waals surface area contributed by atoms with Crippen molar-refractivity contribution in [2.24, 2.45) is 0 Å². The van der Waals surface area contributed by atoms with Gasteiger partial charge < -0.3 is 14.0 Å². The zero-order valence-corrected chi connectivity index (χ0v) is 7.06. The van der Waals surface area contributed by atoms with Gasteiger partial charge in [-0.1, -0.05) is 0 Å². The van der Waals surface area contributed by atoms with Crippen molar-refractivity contribution in [2.45, 2.75) is 13.0 Å². The molecule has 0 spiro atoms. The van der Waals surface area contributed by atoms with E-state index in [9.17, 15) is 0 Å². The van der Waals surface area contributed by atoms with E-state index >= 15 is 0 Å². The first-order valence-corrected chi connectivity index (χ1v) is 5.31.